The van der Waals surface area contributed by atoms with E-state index in [0.717, 1.165) is 6.42 Å². The highest BCUT2D eigenvalue weighted by Crippen LogP contribution is 2.42. The van der Waals surface area contributed by atoms with E-state index in [0.29, 0.717) is 18.0 Å². The first-order valence-electron chi connectivity index (χ1n) is 5.96. The molecule has 0 amide bonds. The van der Waals surface area contributed by atoms with Crippen molar-refractivity contribution in [2.45, 2.75) is 63.6 Å². The number of likely N-dealkylation sites (tertiary alicyclic amines) is 1. The van der Waals surface area contributed by atoms with Gasteiger partial charge in [0, 0.05) is 18.0 Å². The van der Waals surface area contributed by atoms with E-state index < -0.39 is 5.60 Å². The molecule has 2 fully saturated rings. The zero-order valence-corrected chi connectivity index (χ0v) is 9.66. The molecule has 0 radical (unpaired) electrons. The van der Waals surface area contributed by atoms with Crippen molar-refractivity contribution < 1.29 is 5.11 Å². The van der Waals surface area contributed by atoms with Crippen LogP contribution in [-0.4, -0.2) is 34.7 Å². The summed E-state index contributed by atoms with van der Waals surface area (Å²) in [6.45, 7) is 4.28. The van der Waals surface area contributed by atoms with Gasteiger partial charge in [0.15, 0.2) is 0 Å². The first-order chi connectivity index (χ1) is 6.52. The summed E-state index contributed by atoms with van der Waals surface area (Å²) in [5, 5.41) is 10.4. The second-order valence-corrected chi connectivity index (χ2v) is 5.53. The lowest BCUT2D eigenvalue weighted by Crippen LogP contribution is -2.59. The molecular formula is C12H23NO. The average Bonchev–Trinajstić information content (AvgIpc) is 2.14. The zero-order chi connectivity index (χ0) is 10.3. The van der Waals surface area contributed by atoms with Crippen LogP contribution in [0.15, 0.2) is 0 Å². The van der Waals surface area contributed by atoms with Gasteiger partial charge in [0.1, 0.15) is 0 Å². The van der Waals surface area contributed by atoms with Crippen LogP contribution < -0.4 is 0 Å². The third kappa shape index (κ3) is 1.59. The van der Waals surface area contributed by atoms with E-state index >= 15 is 0 Å². The van der Waals surface area contributed by atoms with Gasteiger partial charge in [-0.2, -0.15) is 0 Å². The van der Waals surface area contributed by atoms with Gasteiger partial charge in [-0.1, -0.05) is 12.8 Å². The molecule has 1 aliphatic heterocycles. The Kier molecular flexibility index (Phi) is 2.61. The van der Waals surface area contributed by atoms with Crippen molar-refractivity contribution in [2.24, 2.45) is 5.92 Å². The predicted molar refractivity (Wildman–Crippen MR) is 58.2 cm³/mol. The van der Waals surface area contributed by atoms with Crippen molar-refractivity contribution in [1.82, 2.24) is 4.90 Å². The Labute approximate surface area is 87.3 Å². The molecule has 1 N–H and O–H groups in total. The van der Waals surface area contributed by atoms with E-state index in [1.807, 2.05) is 6.92 Å². The molecule has 0 aromatic carbocycles. The van der Waals surface area contributed by atoms with Crippen LogP contribution in [0.25, 0.3) is 0 Å². The van der Waals surface area contributed by atoms with Crippen molar-refractivity contribution in [3.8, 4) is 0 Å². The molecule has 0 aromatic rings. The Morgan fingerprint density at radius 3 is 2.64 bits per heavy atom. The van der Waals surface area contributed by atoms with Crippen LogP contribution in [0, 0.1) is 5.92 Å². The van der Waals surface area contributed by atoms with Gasteiger partial charge >= 0.3 is 0 Å². The van der Waals surface area contributed by atoms with Gasteiger partial charge in [0.2, 0.25) is 0 Å². The van der Waals surface area contributed by atoms with E-state index in [2.05, 4.69) is 18.9 Å². The molecule has 1 heterocycles. The minimum absolute atomic E-state index is 0.420. The smallest absolute Gasteiger partial charge is 0.0677 e. The molecule has 82 valence electrons. The number of piperidine rings is 1. The monoisotopic (exact) mass is 197 g/mol. The Morgan fingerprint density at radius 2 is 1.93 bits per heavy atom. The molecule has 2 heteroatoms. The van der Waals surface area contributed by atoms with Gasteiger partial charge in [-0.25, -0.2) is 0 Å². The molecule has 4 atom stereocenters. The van der Waals surface area contributed by atoms with Gasteiger partial charge in [0.05, 0.1) is 5.60 Å². The first-order valence-corrected chi connectivity index (χ1v) is 5.96. The largest absolute Gasteiger partial charge is 0.390 e. The molecule has 2 unspecified atom stereocenters. The van der Waals surface area contributed by atoms with E-state index in [1.54, 1.807) is 0 Å². The number of rotatable bonds is 0. The Morgan fingerprint density at radius 1 is 1.29 bits per heavy atom. The van der Waals surface area contributed by atoms with E-state index in [4.69, 9.17) is 0 Å². The third-order valence-corrected chi connectivity index (χ3v) is 4.46. The SMILES string of the molecule is C[C@H]1C[C@@](C)(O)C2CCCCC2N1C. The number of hydrogen-bond donors (Lipinski definition) is 1. The quantitative estimate of drug-likeness (QED) is 0.642. The van der Waals surface area contributed by atoms with Crippen LogP contribution in [0.4, 0.5) is 0 Å². The summed E-state index contributed by atoms with van der Waals surface area (Å²) < 4.78 is 0. The molecule has 2 nitrogen and oxygen atoms in total. The summed E-state index contributed by atoms with van der Waals surface area (Å²) in [5.41, 5.74) is -0.420. The Hall–Kier alpha value is -0.0800. The molecule has 2 rings (SSSR count). The van der Waals surface area contributed by atoms with Crippen LogP contribution in [0.2, 0.25) is 0 Å². The normalized spacial score (nSPS) is 50.1. The second-order valence-electron chi connectivity index (χ2n) is 5.53. The summed E-state index contributed by atoms with van der Waals surface area (Å²) in [6.07, 6.45) is 6.08. The van der Waals surface area contributed by atoms with E-state index in [-0.39, 0.29) is 0 Å². The summed E-state index contributed by atoms with van der Waals surface area (Å²) in [7, 11) is 2.23. The fraction of sp³-hybridized carbons (Fsp3) is 1.00. The highest BCUT2D eigenvalue weighted by Gasteiger charge is 2.46. The van der Waals surface area contributed by atoms with Crippen LogP contribution in [0.1, 0.15) is 46.0 Å². The van der Waals surface area contributed by atoms with Crippen LogP contribution in [0.5, 0.6) is 0 Å². The van der Waals surface area contributed by atoms with Crippen molar-refractivity contribution in [1.29, 1.82) is 0 Å². The van der Waals surface area contributed by atoms with Crippen LogP contribution >= 0.6 is 0 Å². The van der Waals surface area contributed by atoms with Crippen molar-refractivity contribution in [2.75, 3.05) is 7.05 Å². The van der Waals surface area contributed by atoms with Crippen molar-refractivity contribution in [3.05, 3.63) is 0 Å². The number of nitrogens with zero attached hydrogens (tertiary/aromatic N) is 1. The van der Waals surface area contributed by atoms with Crippen LogP contribution in [-0.2, 0) is 0 Å². The van der Waals surface area contributed by atoms with Crippen molar-refractivity contribution in [3.63, 3.8) is 0 Å². The van der Waals surface area contributed by atoms with Gasteiger partial charge in [-0.05, 0) is 40.2 Å². The minimum Gasteiger partial charge on any atom is -0.390 e. The average molecular weight is 197 g/mol. The maximum atomic E-state index is 10.4. The minimum atomic E-state index is -0.420. The van der Waals surface area contributed by atoms with Gasteiger partial charge in [-0.15, -0.1) is 0 Å². The number of aliphatic hydroxyl groups is 1. The fourth-order valence-corrected chi connectivity index (χ4v) is 3.54. The third-order valence-electron chi connectivity index (χ3n) is 4.46. The highest BCUT2D eigenvalue weighted by atomic mass is 16.3. The summed E-state index contributed by atoms with van der Waals surface area (Å²) in [6, 6.07) is 1.16. The zero-order valence-electron chi connectivity index (χ0n) is 9.66. The van der Waals surface area contributed by atoms with Crippen LogP contribution in [0.3, 0.4) is 0 Å². The summed E-state index contributed by atoms with van der Waals surface area (Å²) in [5.74, 6) is 0.512. The molecule has 0 aromatic heterocycles. The lowest BCUT2D eigenvalue weighted by atomic mass is 9.68. The van der Waals surface area contributed by atoms with Gasteiger partial charge < -0.3 is 10.0 Å². The number of fused-ring (bicyclic) bond motifs is 1. The molecule has 1 aliphatic carbocycles. The maximum Gasteiger partial charge on any atom is 0.0677 e. The Bertz CT molecular complexity index is 214. The molecule has 0 bridgehead atoms. The standard InChI is InChI=1S/C12H23NO/c1-9-8-12(2,14)10-6-4-5-7-11(10)13(9)3/h9-11,14H,4-8H2,1-3H3/t9-,10?,11?,12+/m0/s1. The maximum absolute atomic E-state index is 10.4. The molecule has 1 saturated carbocycles. The molecule has 1 saturated heterocycles. The van der Waals surface area contributed by atoms with Gasteiger partial charge in [0.25, 0.3) is 0 Å². The molecule has 0 spiro atoms. The molecule has 14 heavy (non-hydrogen) atoms. The first kappa shape index (κ1) is 10.4. The van der Waals surface area contributed by atoms with Crippen molar-refractivity contribution >= 4 is 0 Å². The second kappa shape index (κ2) is 3.49. The topological polar surface area (TPSA) is 23.5 Å². The molecule has 2 aliphatic rings. The van der Waals surface area contributed by atoms with Gasteiger partial charge in [-0.3, -0.25) is 0 Å². The Balaban J connectivity index is 2.19. The van der Waals surface area contributed by atoms with E-state index in [9.17, 15) is 5.11 Å². The summed E-state index contributed by atoms with van der Waals surface area (Å²) >= 11 is 0. The predicted octanol–water partition coefficient (Wildman–Crippen LogP) is 2.02. The molecular weight excluding hydrogens is 174 g/mol. The number of hydrogen-bond acceptors (Lipinski definition) is 2. The van der Waals surface area contributed by atoms with E-state index in [1.165, 1.54) is 25.7 Å². The summed E-state index contributed by atoms with van der Waals surface area (Å²) in [4.78, 5) is 2.49. The highest BCUT2D eigenvalue weighted by molar-refractivity contribution is 5.00. The lowest BCUT2D eigenvalue weighted by molar-refractivity contribution is -0.115. The lowest BCUT2D eigenvalue weighted by Gasteiger charge is -2.53. The fourth-order valence-electron chi connectivity index (χ4n) is 3.54.